The number of nitrogens with zero attached hydrogens (tertiary/aromatic N) is 3. The number of hydrogen-bond donors (Lipinski definition) is 1. The van der Waals surface area contributed by atoms with Crippen LogP contribution in [0.1, 0.15) is 64.9 Å². The number of thioether (sulfide) groups is 1. The summed E-state index contributed by atoms with van der Waals surface area (Å²) in [7, 11) is 0. The van der Waals surface area contributed by atoms with E-state index in [4.69, 9.17) is 9.47 Å². The molecule has 1 aromatic carbocycles. The molecule has 0 fully saturated rings. The number of rotatable bonds is 10. The fraction of sp³-hybridized carbons (Fsp3) is 0.481. The SMILES string of the molecule is CCOC(=O)c1c(NC(=O)CSc2nnc(COc3ccc(C)c(C)c3)n2CC)sc2c1CCC(C)C2. The summed E-state index contributed by atoms with van der Waals surface area (Å²) in [6.07, 6.45) is 2.78. The van der Waals surface area contributed by atoms with Crippen LogP contribution in [0, 0.1) is 19.8 Å². The van der Waals surface area contributed by atoms with E-state index in [0.29, 0.717) is 40.6 Å². The third kappa shape index (κ3) is 6.35. The zero-order chi connectivity index (χ0) is 26.5. The number of carbonyl (C=O) groups excluding carboxylic acids is 2. The van der Waals surface area contributed by atoms with Crippen LogP contribution in [0.5, 0.6) is 5.75 Å². The third-order valence-corrected chi connectivity index (χ3v) is 8.67. The van der Waals surface area contributed by atoms with E-state index in [-0.39, 0.29) is 24.2 Å². The van der Waals surface area contributed by atoms with Gasteiger partial charge in [0.15, 0.2) is 11.0 Å². The van der Waals surface area contributed by atoms with Crippen molar-refractivity contribution in [3.63, 3.8) is 0 Å². The van der Waals surface area contributed by atoms with Crippen molar-refractivity contribution < 1.29 is 19.1 Å². The summed E-state index contributed by atoms with van der Waals surface area (Å²) in [4.78, 5) is 26.8. The van der Waals surface area contributed by atoms with Crippen LogP contribution in [0.2, 0.25) is 0 Å². The summed E-state index contributed by atoms with van der Waals surface area (Å²) in [5.74, 6) is 1.64. The highest BCUT2D eigenvalue weighted by Gasteiger charge is 2.29. The molecule has 1 amide bonds. The molecule has 3 aromatic rings. The van der Waals surface area contributed by atoms with Crippen molar-refractivity contribution in [2.24, 2.45) is 5.92 Å². The summed E-state index contributed by atoms with van der Waals surface area (Å²) < 4.78 is 13.2. The molecule has 0 saturated carbocycles. The average molecular weight is 543 g/mol. The second kappa shape index (κ2) is 12.1. The van der Waals surface area contributed by atoms with Crippen molar-refractivity contribution >= 4 is 40.0 Å². The fourth-order valence-electron chi connectivity index (χ4n) is 4.35. The van der Waals surface area contributed by atoms with Gasteiger partial charge in [0.1, 0.15) is 17.4 Å². The number of benzene rings is 1. The van der Waals surface area contributed by atoms with Crippen LogP contribution in [-0.2, 0) is 35.5 Å². The van der Waals surface area contributed by atoms with E-state index in [0.717, 1.165) is 30.6 Å². The lowest BCUT2D eigenvalue weighted by Crippen LogP contribution is -2.18. The van der Waals surface area contributed by atoms with Gasteiger partial charge in [0.05, 0.1) is 17.9 Å². The minimum absolute atomic E-state index is 0.150. The van der Waals surface area contributed by atoms with Crippen molar-refractivity contribution in [2.75, 3.05) is 17.7 Å². The summed E-state index contributed by atoms with van der Waals surface area (Å²) in [6, 6.07) is 5.99. The number of aromatic nitrogens is 3. The van der Waals surface area contributed by atoms with Gasteiger partial charge in [-0.1, -0.05) is 24.8 Å². The second-order valence-corrected chi connectivity index (χ2v) is 11.3. The molecule has 8 nitrogen and oxygen atoms in total. The van der Waals surface area contributed by atoms with E-state index in [9.17, 15) is 9.59 Å². The van der Waals surface area contributed by atoms with Crippen LogP contribution in [0.15, 0.2) is 23.4 Å². The number of hydrogen-bond acceptors (Lipinski definition) is 8. The number of ether oxygens (including phenoxy) is 2. The molecule has 2 heterocycles. The average Bonchev–Trinajstić information content (AvgIpc) is 3.43. The van der Waals surface area contributed by atoms with Crippen molar-refractivity contribution in [1.29, 1.82) is 0 Å². The van der Waals surface area contributed by atoms with Gasteiger partial charge in [0, 0.05) is 11.4 Å². The van der Waals surface area contributed by atoms with E-state index in [1.807, 2.05) is 29.7 Å². The maximum Gasteiger partial charge on any atom is 0.341 e. The Hall–Kier alpha value is -2.85. The molecule has 37 heavy (non-hydrogen) atoms. The van der Waals surface area contributed by atoms with Gasteiger partial charge >= 0.3 is 5.97 Å². The molecule has 0 saturated heterocycles. The van der Waals surface area contributed by atoms with Crippen LogP contribution in [0.4, 0.5) is 5.00 Å². The zero-order valence-corrected chi connectivity index (χ0v) is 23.7. The van der Waals surface area contributed by atoms with Crippen molar-refractivity contribution in [3.8, 4) is 5.75 Å². The molecule has 0 spiro atoms. The van der Waals surface area contributed by atoms with Gasteiger partial charge in [0.25, 0.3) is 0 Å². The third-order valence-electron chi connectivity index (χ3n) is 6.53. The van der Waals surface area contributed by atoms with Crippen LogP contribution >= 0.6 is 23.1 Å². The molecule has 198 valence electrons. The Labute approximate surface area is 226 Å². The number of carbonyl (C=O) groups is 2. The Morgan fingerprint density at radius 1 is 1.22 bits per heavy atom. The van der Waals surface area contributed by atoms with E-state index >= 15 is 0 Å². The predicted octanol–water partition coefficient (Wildman–Crippen LogP) is 5.59. The lowest BCUT2D eigenvalue weighted by Gasteiger charge is -2.18. The quantitative estimate of drug-likeness (QED) is 0.264. The van der Waals surface area contributed by atoms with Gasteiger partial charge in [-0.3, -0.25) is 4.79 Å². The molecule has 1 N–H and O–H groups in total. The van der Waals surface area contributed by atoms with Crippen molar-refractivity contribution in [2.45, 2.75) is 72.2 Å². The molecule has 0 radical (unpaired) electrons. The lowest BCUT2D eigenvalue weighted by atomic mass is 9.88. The summed E-state index contributed by atoms with van der Waals surface area (Å²) in [5, 5.41) is 12.8. The maximum absolute atomic E-state index is 12.9. The summed E-state index contributed by atoms with van der Waals surface area (Å²) >= 11 is 2.81. The van der Waals surface area contributed by atoms with E-state index in [1.54, 1.807) is 6.92 Å². The molecule has 1 aliphatic rings. The smallest absolute Gasteiger partial charge is 0.341 e. The molecule has 1 aliphatic carbocycles. The van der Waals surface area contributed by atoms with Crippen molar-refractivity contribution in [1.82, 2.24) is 14.8 Å². The number of anilines is 1. The first-order valence-electron chi connectivity index (χ1n) is 12.7. The topological polar surface area (TPSA) is 95.3 Å². The zero-order valence-electron chi connectivity index (χ0n) is 22.1. The monoisotopic (exact) mass is 542 g/mol. The largest absolute Gasteiger partial charge is 0.486 e. The summed E-state index contributed by atoms with van der Waals surface area (Å²) in [5.41, 5.74) is 3.94. The predicted molar refractivity (Wildman–Crippen MR) is 147 cm³/mol. The van der Waals surface area contributed by atoms with Gasteiger partial charge in [-0.25, -0.2) is 4.79 Å². The normalized spacial score (nSPS) is 14.8. The first kappa shape index (κ1) is 27.2. The molecule has 0 aliphatic heterocycles. The Balaban J connectivity index is 1.41. The Bertz CT molecular complexity index is 1280. The molecule has 4 rings (SSSR count). The van der Waals surface area contributed by atoms with Crippen molar-refractivity contribution in [3.05, 3.63) is 51.2 Å². The standard InChI is InChI=1S/C27H34N4O4S2/c1-6-31-22(14-35-19-10-9-17(4)18(5)13-19)29-30-27(31)36-15-23(32)28-25-24(26(33)34-7-2)20-11-8-16(3)12-21(20)37-25/h9-10,13,16H,6-8,11-12,14-15H2,1-5H3,(H,28,32). The lowest BCUT2D eigenvalue weighted by molar-refractivity contribution is -0.113. The molecular weight excluding hydrogens is 508 g/mol. The first-order valence-corrected chi connectivity index (χ1v) is 14.5. The van der Waals surface area contributed by atoms with Gasteiger partial charge in [-0.05, 0) is 81.7 Å². The molecule has 10 heteroatoms. The minimum Gasteiger partial charge on any atom is -0.486 e. The minimum atomic E-state index is -0.364. The van der Waals surface area contributed by atoms with Crippen LogP contribution in [0.25, 0.3) is 0 Å². The van der Waals surface area contributed by atoms with E-state index < -0.39 is 0 Å². The highest BCUT2D eigenvalue weighted by Crippen LogP contribution is 2.40. The summed E-state index contributed by atoms with van der Waals surface area (Å²) in [6.45, 7) is 11.4. The van der Waals surface area contributed by atoms with E-state index in [1.165, 1.54) is 39.1 Å². The van der Waals surface area contributed by atoms with Gasteiger partial charge < -0.3 is 19.4 Å². The number of nitrogens with one attached hydrogen (secondary N) is 1. The van der Waals surface area contributed by atoms with Gasteiger partial charge in [-0.2, -0.15) is 0 Å². The number of thiophene rings is 1. The number of fused-ring (bicyclic) bond motifs is 1. The van der Waals surface area contributed by atoms with Gasteiger partial charge in [0.2, 0.25) is 5.91 Å². The molecule has 2 aromatic heterocycles. The molecule has 1 unspecified atom stereocenters. The second-order valence-electron chi connectivity index (χ2n) is 9.29. The van der Waals surface area contributed by atoms with Crippen LogP contribution < -0.4 is 10.1 Å². The first-order chi connectivity index (χ1) is 17.8. The van der Waals surface area contributed by atoms with E-state index in [2.05, 4.69) is 36.3 Å². The number of esters is 1. The Morgan fingerprint density at radius 2 is 2.03 bits per heavy atom. The van der Waals surface area contributed by atoms with Gasteiger partial charge in [-0.15, -0.1) is 21.5 Å². The van der Waals surface area contributed by atoms with Crippen LogP contribution in [-0.4, -0.2) is 39.0 Å². The molecular formula is C27H34N4O4S2. The highest BCUT2D eigenvalue weighted by atomic mass is 32.2. The maximum atomic E-state index is 12.9. The van der Waals surface area contributed by atoms with Crippen LogP contribution in [0.3, 0.4) is 0 Å². The molecule has 0 bridgehead atoms. The number of amides is 1. The molecule has 1 atom stereocenters. The Morgan fingerprint density at radius 3 is 2.76 bits per heavy atom. The fourth-order valence-corrected chi connectivity index (χ4v) is 6.59. The number of aryl methyl sites for hydroxylation is 2. The Kier molecular flexibility index (Phi) is 8.91. The highest BCUT2D eigenvalue weighted by molar-refractivity contribution is 7.99.